The van der Waals surface area contributed by atoms with E-state index in [1.807, 2.05) is 35.0 Å². The van der Waals surface area contributed by atoms with Crippen LogP contribution < -0.4 is 10.0 Å². The molecule has 152 valence electrons. The van der Waals surface area contributed by atoms with Gasteiger partial charge in [0.25, 0.3) is 0 Å². The Morgan fingerprint density at radius 1 is 1.03 bits per heavy atom. The third-order valence-corrected chi connectivity index (χ3v) is 6.02. The van der Waals surface area contributed by atoms with Crippen LogP contribution in [0.15, 0.2) is 84.1 Å². The van der Waals surface area contributed by atoms with Gasteiger partial charge < -0.3 is 5.32 Å². The van der Waals surface area contributed by atoms with E-state index in [0.29, 0.717) is 11.5 Å². The van der Waals surface area contributed by atoms with Crippen LogP contribution in [0.2, 0.25) is 0 Å². The van der Waals surface area contributed by atoms with Crippen LogP contribution in [-0.4, -0.2) is 34.7 Å². The molecule has 1 amide bonds. The van der Waals surface area contributed by atoms with Crippen LogP contribution in [0.25, 0.3) is 17.0 Å². The van der Waals surface area contributed by atoms with E-state index in [2.05, 4.69) is 20.0 Å². The predicted molar refractivity (Wildman–Crippen MR) is 113 cm³/mol. The first-order chi connectivity index (χ1) is 14.4. The Labute approximate surface area is 173 Å². The molecule has 0 radical (unpaired) electrons. The summed E-state index contributed by atoms with van der Waals surface area (Å²) < 4.78 is 28.9. The van der Waals surface area contributed by atoms with Gasteiger partial charge in [0, 0.05) is 29.8 Å². The van der Waals surface area contributed by atoms with Gasteiger partial charge in [0.2, 0.25) is 21.7 Å². The summed E-state index contributed by atoms with van der Waals surface area (Å²) in [5, 5.41) is 2.72. The van der Waals surface area contributed by atoms with Crippen molar-refractivity contribution in [3.63, 3.8) is 0 Å². The predicted octanol–water partition coefficient (Wildman–Crippen LogP) is 2.70. The summed E-state index contributed by atoms with van der Waals surface area (Å²) in [6.45, 7) is 1.49. The number of carbonyl (C=O) groups is 1. The first-order valence-corrected chi connectivity index (χ1v) is 10.7. The van der Waals surface area contributed by atoms with Crippen LogP contribution in [0.1, 0.15) is 6.92 Å². The summed E-state index contributed by atoms with van der Waals surface area (Å²) in [6, 6.07) is 15.9. The van der Waals surface area contributed by atoms with Crippen LogP contribution in [0.3, 0.4) is 0 Å². The van der Waals surface area contributed by atoms with Gasteiger partial charge in [0.15, 0.2) is 0 Å². The van der Waals surface area contributed by atoms with Gasteiger partial charge in [-0.3, -0.25) is 9.20 Å². The fraction of sp³-hybridized carbons (Fsp3) is 0.0952. The molecule has 0 aliphatic heterocycles. The molecule has 4 aromatic rings. The molecule has 8 nitrogen and oxygen atoms in total. The van der Waals surface area contributed by atoms with Gasteiger partial charge >= 0.3 is 0 Å². The van der Waals surface area contributed by atoms with E-state index in [9.17, 15) is 13.2 Å². The second-order valence-corrected chi connectivity index (χ2v) is 8.39. The highest BCUT2D eigenvalue weighted by Crippen LogP contribution is 2.21. The van der Waals surface area contributed by atoms with Gasteiger partial charge in [-0.2, -0.15) is 4.72 Å². The standard InChI is InChI=1S/C21H19N5O3S/c1-15(25-30(28,29)18-6-3-2-4-7-18)20(27)23-17-10-8-16(9-11-17)19-14-26-13-5-12-22-21(26)24-19/h2-15,25H,1H3,(H,23,27)/t15-/m0/s1. The first-order valence-electron chi connectivity index (χ1n) is 9.21. The van der Waals surface area contributed by atoms with Gasteiger partial charge in [-0.1, -0.05) is 30.3 Å². The minimum absolute atomic E-state index is 0.107. The molecule has 9 heteroatoms. The van der Waals surface area contributed by atoms with Gasteiger partial charge in [-0.25, -0.2) is 18.4 Å². The number of imidazole rings is 1. The molecular formula is C21H19N5O3S. The second kappa shape index (κ2) is 8.05. The summed E-state index contributed by atoms with van der Waals surface area (Å²) in [6.07, 6.45) is 5.42. The smallest absolute Gasteiger partial charge is 0.242 e. The first kappa shape index (κ1) is 19.7. The lowest BCUT2D eigenvalue weighted by molar-refractivity contribution is -0.117. The number of aromatic nitrogens is 3. The molecule has 0 fully saturated rings. The summed E-state index contributed by atoms with van der Waals surface area (Å²) in [5.74, 6) is 0.142. The summed E-state index contributed by atoms with van der Waals surface area (Å²) in [5.41, 5.74) is 2.18. The van der Waals surface area contributed by atoms with Crippen molar-refractivity contribution >= 4 is 27.4 Å². The van der Waals surface area contributed by atoms with Crippen molar-refractivity contribution < 1.29 is 13.2 Å². The number of rotatable bonds is 6. The Bertz CT molecular complexity index is 1250. The van der Waals surface area contributed by atoms with Crippen LogP contribution in [0, 0.1) is 0 Å². The maximum absolute atomic E-state index is 12.4. The average Bonchev–Trinajstić information content (AvgIpc) is 3.19. The molecule has 2 N–H and O–H groups in total. The number of carbonyl (C=O) groups excluding carboxylic acids is 1. The number of anilines is 1. The molecule has 0 saturated carbocycles. The highest BCUT2D eigenvalue weighted by atomic mass is 32.2. The van der Waals surface area contributed by atoms with Crippen molar-refractivity contribution in [1.29, 1.82) is 0 Å². The molecule has 0 bridgehead atoms. The maximum atomic E-state index is 12.4. The lowest BCUT2D eigenvalue weighted by Crippen LogP contribution is -2.41. The van der Waals surface area contributed by atoms with Crippen molar-refractivity contribution in [2.24, 2.45) is 0 Å². The van der Waals surface area contributed by atoms with Gasteiger partial charge in [-0.15, -0.1) is 0 Å². The highest BCUT2D eigenvalue weighted by Gasteiger charge is 2.22. The zero-order valence-electron chi connectivity index (χ0n) is 16.1. The molecule has 2 aromatic heterocycles. The third-order valence-electron chi connectivity index (χ3n) is 4.46. The number of fused-ring (bicyclic) bond motifs is 1. The molecule has 0 aliphatic rings. The summed E-state index contributed by atoms with van der Waals surface area (Å²) in [7, 11) is -3.78. The lowest BCUT2D eigenvalue weighted by Gasteiger charge is -2.14. The molecule has 0 unspecified atom stereocenters. The number of amides is 1. The molecule has 2 heterocycles. The van der Waals surface area contributed by atoms with E-state index in [1.54, 1.807) is 36.5 Å². The summed E-state index contributed by atoms with van der Waals surface area (Å²) >= 11 is 0. The number of nitrogens with one attached hydrogen (secondary N) is 2. The number of nitrogens with zero attached hydrogens (tertiary/aromatic N) is 3. The quantitative estimate of drug-likeness (QED) is 0.498. The van der Waals surface area contributed by atoms with E-state index in [4.69, 9.17) is 0 Å². The van der Waals surface area contributed by atoms with E-state index >= 15 is 0 Å². The Balaban J connectivity index is 1.43. The minimum Gasteiger partial charge on any atom is -0.325 e. The minimum atomic E-state index is -3.78. The monoisotopic (exact) mass is 421 g/mol. The van der Waals surface area contributed by atoms with Gasteiger partial charge in [0.05, 0.1) is 16.6 Å². The van der Waals surface area contributed by atoms with Gasteiger partial charge in [0.1, 0.15) is 0 Å². The average molecular weight is 421 g/mol. The Kier molecular flexibility index (Phi) is 5.30. The number of benzene rings is 2. The normalized spacial score (nSPS) is 12.6. The zero-order valence-corrected chi connectivity index (χ0v) is 16.9. The molecule has 30 heavy (non-hydrogen) atoms. The Morgan fingerprint density at radius 2 is 1.77 bits per heavy atom. The van der Waals surface area contributed by atoms with Gasteiger partial charge in [-0.05, 0) is 37.3 Å². The van der Waals surface area contributed by atoms with Crippen LogP contribution in [-0.2, 0) is 14.8 Å². The topological polar surface area (TPSA) is 105 Å². The van der Waals surface area contributed by atoms with Crippen LogP contribution >= 0.6 is 0 Å². The number of sulfonamides is 1. The van der Waals surface area contributed by atoms with Crippen molar-refractivity contribution in [3.8, 4) is 11.3 Å². The molecule has 2 aromatic carbocycles. The number of hydrogen-bond acceptors (Lipinski definition) is 5. The Hall–Kier alpha value is -3.56. The van der Waals surface area contributed by atoms with Crippen molar-refractivity contribution in [3.05, 3.63) is 79.3 Å². The molecular weight excluding hydrogens is 402 g/mol. The van der Waals surface area contributed by atoms with E-state index in [-0.39, 0.29) is 4.90 Å². The fourth-order valence-corrected chi connectivity index (χ4v) is 4.12. The van der Waals surface area contributed by atoms with E-state index in [1.165, 1.54) is 19.1 Å². The van der Waals surface area contributed by atoms with E-state index < -0.39 is 22.0 Å². The molecule has 0 saturated heterocycles. The fourth-order valence-electron chi connectivity index (χ4n) is 2.90. The molecule has 1 atom stereocenters. The molecule has 0 spiro atoms. The molecule has 4 rings (SSSR count). The van der Waals surface area contributed by atoms with Crippen molar-refractivity contribution in [2.45, 2.75) is 17.9 Å². The maximum Gasteiger partial charge on any atom is 0.242 e. The third kappa shape index (κ3) is 4.22. The largest absolute Gasteiger partial charge is 0.325 e. The van der Waals surface area contributed by atoms with E-state index in [0.717, 1.165) is 11.3 Å². The lowest BCUT2D eigenvalue weighted by atomic mass is 10.1. The Morgan fingerprint density at radius 3 is 2.47 bits per heavy atom. The number of hydrogen-bond donors (Lipinski definition) is 2. The zero-order chi connectivity index (χ0) is 21.1. The second-order valence-electron chi connectivity index (χ2n) is 6.68. The van der Waals surface area contributed by atoms with Crippen molar-refractivity contribution in [2.75, 3.05) is 5.32 Å². The van der Waals surface area contributed by atoms with Crippen LogP contribution in [0.5, 0.6) is 0 Å². The molecule has 0 aliphatic carbocycles. The SMILES string of the molecule is C[C@H](NS(=O)(=O)c1ccccc1)C(=O)Nc1ccc(-c2cn3cccnc3n2)cc1. The summed E-state index contributed by atoms with van der Waals surface area (Å²) in [4.78, 5) is 21.2. The van der Waals surface area contributed by atoms with Crippen LogP contribution in [0.4, 0.5) is 5.69 Å². The highest BCUT2D eigenvalue weighted by molar-refractivity contribution is 7.89. The van der Waals surface area contributed by atoms with Crippen molar-refractivity contribution in [1.82, 2.24) is 19.1 Å².